The standard InChI is InChI=1S/C9H8ClFN2O/c1-6(10)4-13-9(14)7-2-3-12-5-8(7)11/h2-3,5H,1,4H2,(H,13,14). The Morgan fingerprint density at radius 2 is 2.43 bits per heavy atom. The molecule has 5 heteroatoms. The van der Waals surface area contributed by atoms with Crippen LogP contribution < -0.4 is 5.32 Å². The number of carbonyl (C=O) groups is 1. The summed E-state index contributed by atoms with van der Waals surface area (Å²) in [7, 11) is 0. The Bertz CT molecular complexity index is 368. The predicted molar refractivity (Wildman–Crippen MR) is 51.5 cm³/mol. The molecule has 1 aromatic rings. The molecule has 0 saturated heterocycles. The van der Waals surface area contributed by atoms with Crippen molar-refractivity contribution in [1.82, 2.24) is 10.3 Å². The van der Waals surface area contributed by atoms with Crippen molar-refractivity contribution in [1.29, 1.82) is 0 Å². The Labute approximate surface area is 85.6 Å². The molecular weight excluding hydrogens is 207 g/mol. The Morgan fingerprint density at radius 1 is 1.71 bits per heavy atom. The van der Waals surface area contributed by atoms with E-state index in [0.717, 1.165) is 6.20 Å². The molecule has 0 fully saturated rings. The van der Waals surface area contributed by atoms with Gasteiger partial charge in [0.2, 0.25) is 0 Å². The molecule has 0 aromatic carbocycles. The van der Waals surface area contributed by atoms with Gasteiger partial charge in [-0.2, -0.15) is 0 Å². The van der Waals surface area contributed by atoms with E-state index >= 15 is 0 Å². The van der Waals surface area contributed by atoms with Crippen molar-refractivity contribution in [3.63, 3.8) is 0 Å². The van der Waals surface area contributed by atoms with E-state index in [2.05, 4.69) is 16.9 Å². The summed E-state index contributed by atoms with van der Waals surface area (Å²) in [6.07, 6.45) is 2.32. The summed E-state index contributed by atoms with van der Waals surface area (Å²) in [6, 6.07) is 1.29. The molecule has 14 heavy (non-hydrogen) atoms. The van der Waals surface area contributed by atoms with Gasteiger partial charge in [-0.15, -0.1) is 0 Å². The quantitative estimate of drug-likeness (QED) is 0.832. The average molecular weight is 215 g/mol. The maximum Gasteiger partial charge on any atom is 0.254 e. The van der Waals surface area contributed by atoms with Crippen molar-refractivity contribution in [2.45, 2.75) is 0 Å². The maximum atomic E-state index is 13.0. The Hall–Kier alpha value is -1.42. The molecule has 1 heterocycles. The van der Waals surface area contributed by atoms with Gasteiger partial charge >= 0.3 is 0 Å². The smallest absolute Gasteiger partial charge is 0.254 e. The normalized spacial score (nSPS) is 9.57. The summed E-state index contributed by atoms with van der Waals surface area (Å²) in [4.78, 5) is 14.8. The molecule has 0 spiro atoms. The average Bonchev–Trinajstić information content (AvgIpc) is 2.15. The second-order valence-corrected chi connectivity index (χ2v) is 3.09. The molecule has 0 bridgehead atoms. The van der Waals surface area contributed by atoms with Crippen LogP contribution in [0.4, 0.5) is 4.39 Å². The van der Waals surface area contributed by atoms with E-state index in [0.29, 0.717) is 0 Å². The topological polar surface area (TPSA) is 42.0 Å². The van der Waals surface area contributed by atoms with Crippen LogP contribution in [0.25, 0.3) is 0 Å². The molecule has 0 aliphatic rings. The van der Waals surface area contributed by atoms with Crippen molar-refractivity contribution < 1.29 is 9.18 Å². The minimum Gasteiger partial charge on any atom is -0.347 e. The van der Waals surface area contributed by atoms with Gasteiger partial charge in [-0.25, -0.2) is 4.39 Å². The Kier molecular flexibility index (Phi) is 3.59. The monoisotopic (exact) mass is 214 g/mol. The van der Waals surface area contributed by atoms with Crippen LogP contribution in [0, 0.1) is 5.82 Å². The van der Waals surface area contributed by atoms with Gasteiger partial charge in [0.1, 0.15) is 0 Å². The van der Waals surface area contributed by atoms with Crippen LogP contribution >= 0.6 is 11.6 Å². The highest BCUT2D eigenvalue weighted by atomic mass is 35.5. The largest absolute Gasteiger partial charge is 0.347 e. The fourth-order valence-corrected chi connectivity index (χ4v) is 0.898. The molecule has 3 nitrogen and oxygen atoms in total. The highest BCUT2D eigenvalue weighted by molar-refractivity contribution is 6.29. The zero-order valence-corrected chi connectivity index (χ0v) is 8.01. The molecule has 0 atom stereocenters. The number of rotatable bonds is 3. The lowest BCUT2D eigenvalue weighted by molar-refractivity contribution is 0.0953. The zero-order chi connectivity index (χ0) is 10.6. The van der Waals surface area contributed by atoms with Gasteiger partial charge in [-0.3, -0.25) is 9.78 Å². The van der Waals surface area contributed by atoms with Crippen molar-refractivity contribution in [3.8, 4) is 0 Å². The number of amides is 1. The molecule has 1 N–H and O–H groups in total. The first-order valence-electron chi connectivity index (χ1n) is 3.82. The van der Waals surface area contributed by atoms with E-state index in [4.69, 9.17) is 11.6 Å². The number of halogens is 2. The molecule has 1 rings (SSSR count). The van der Waals surface area contributed by atoms with E-state index in [1.807, 2.05) is 0 Å². The van der Waals surface area contributed by atoms with Crippen LogP contribution in [0.15, 0.2) is 30.1 Å². The van der Waals surface area contributed by atoms with Gasteiger partial charge in [0, 0.05) is 11.2 Å². The van der Waals surface area contributed by atoms with Crippen LogP contribution in [-0.2, 0) is 0 Å². The molecule has 0 unspecified atom stereocenters. The van der Waals surface area contributed by atoms with Gasteiger partial charge < -0.3 is 5.32 Å². The van der Waals surface area contributed by atoms with E-state index < -0.39 is 11.7 Å². The Morgan fingerprint density at radius 3 is 3.00 bits per heavy atom. The SMILES string of the molecule is C=C(Cl)CNC(=O)c1ccncc1F. The third-order valence-electron chi connectivity index (χ3n) is 1.46. The van der Waals surface area contributed by atoms with Crippen molar-refractivity contribution in [2.24, 2.45) is 0 Å². The molecule has 1 amide bonds. The summed E-state index contributed by atoms with van der Waals surface area (Å²) in [5.41, 5.74) is -0.0575. The number of hydrogen-bond acceptors (Lipinski definition) is 2. The minimum atomic E-state index is -0.662. The van der Waals surface area contributed by atoms with Crippen molar-refractivity contribution in [3.05, 3.63) is 41.5 Å². The van der Waals surface area contributed by atoms with Gasteiger partial charge in [0.05, 0.1) is 18.3 Å². The van der Waals surface area contributed by atoms with E-state index in [1.165, 1.54) is 12.3 Å². The number of carbonyl (C=O) groups excluding carboxylic acids is 1. The molecule has 0 radical (unpaired) electrons. The van der Waals surface area contributed by atoms with E-state index in [9.17, 15) is 9.18 Å². The second-order valence-electron chi connectivity index (χ2n) is 2.56. The van der Waals surface area contributed by atoms with Crippen LogP contribution in [0.1, 0.15) is 10.4 Å². The molecule has 0 aliphatic carbocycles. The fraction of sp³-hybridized carbons (Fsp3) is 0.111. The second kappa shape index (κ2) is 4.72. The van der Waals surface area contributed by atoms with Gasteiger partial charge in [0.15, 0.2) is 5.82 Å². The summed E-state index contributed by atoms with van der Waals surface area (Å²) in [5, 5.41) is 2.69. The molecule has 74 valence electrons. The minimum absolute atomic E-state index is 0.0575. The van der Waals surface area contributed by atoms with Crippen molar-refractivity contribution in [2.75, 3.05) is 6.54 Å². The number of aromatic nitrogens is 1. The number of nitrogens with one attached hydrogen (secondary N) is 1. The van der Waals surface area contributed by atoms with E-state index in [1.54, 1.807) is 0 Å². The zero-order valence-electron chi connectivity index (χ0n) is 7.26. The summed E-state index contributed by atoms with van der Waals surface area (Å²) in [5.74, 6) is -1.20. The van der Waals surface area contributed by atoms with Crippen LogP contribution in [-0.4, -0.2) is 17.4 Å². The summed E-state index contributed by atoms with van der Waals surface area (Å²) >= 11 is 5.43. The van der Waals surface area contributed by atoms with E-state index in [-0.39, 0.29) is 17.1 Å². The van der Waals surface area contributed by atoms with Crippen LogP contribution in [0.3, 0.4) is 0 Å². The van der Waals surface area contributed by atoms with Gasteiger partial charge in [0.25, 0.3) is 5.91 Å². The maximum absolute atomic E-state index is 13.0. The first-order chi connectivity index (χ1) is 6.61. The summed E-state index contributed by atoms with van der Waals surface area (Å²) < 4.78 is 13.0. The lowest BCUT2D eigenvalue weighted by atomic mass is 10.2. The molecule has 0 aliphatic heterocycles. The number of hydrogen-bond donors (Lipinski definition) is 1. The molecular formula is C9H8ClFN2O. The predicted octanol–water partition coefficient (Wildman–Crippen LogP) is 1.70. The lowest BCUT2D eigenvalue weighted by Gasteiger charge is -2.03. The number of nitrogens with zero attached hydrogens (tertiary/aromatic N) is 1. The molecule has 1 aromatic heterocycles. The fourth-order valence-electron chi connectivity index (χ4n) is 0.831. The van der Waals surface area contributed by atoms with Crippen LogP contribution in [0.5, 0.6) is 0 Å². The summed E-state index contributed by atoms with van der Waals surface area (Å²) in [6.45, 7) is 3.50. The third-order valence-corrected chi connectivity index (χ3v) is 1.59. The first-order valence-corrected chi connectivity index (χ1v) is 4.20. The highest BCUT2D eigenvalue weighted by Gasteiger charge is 2.10. The first kappa shape index (κ1) is 10.7. The van der Waals surface area contributed by atoms with Gasteiger partial charge in [-0.05, 0) is 6.07 Å². The van der Waals surface area contributed by atoms with Crippen LogP contribution in [0.2, 0.25) is 0 Å². The third kappa shape index (κ3) is 2.81. The molecule has 0 saturated carbocycles. The van der Waals surface area contributed by atoms with Crippen molar-refractivity contribution >= 4 is 17.5 Å². The lowest BCUT2D eigenvalue weighted by Crippen LogP contribution is -2.25. The number of pyridine rings is 1. The highest BCUT2D eigenvalue weighted by Crippen LogP contribution is 2.04. The Balaban J connectivity index is 2.70. The van der Waals surface area contributed by atoms with Gasteiger partial charge in [-0.1, -0.05) is 18.2 Å².